The van der Waals surface area contributed by atoms with Crippen molar-refractivity contribution in [2.45, 2.75) is 13.0 Å². The Bertz CT molecular complexity index is 552. The van der Waals surface area contributed by atoms with Crippen molar-refractivity contribution in [2.24, 2.45) is 0 Å². The average Bonchev–Trinajstić information content (AvgIpc) is 2.87. The SMILES string of the molecule is OCc1ccnc(-c2cccc3c2CCN3)c1. The van der Waals surface area contributed by atoms with Crippen LogP contribution < -0.4 is 5.32 Å². The largest absolute Gasteiger partial charge is 0.392 e. The van der Waals surface area contributed by atoms with Crippen LogP contribution in [0.3, 0.4) is 0 Å². The second-order valence-corrected chi connectivity index (χ2v) is 4.22. The molecule has 3 nitrogen and oxygen atoms in total. The summed E-state index contributed by atoms with van der Waals surface area (Å²) in [5, 5.41) is 12.5. The van der Waals surface area contributed by atoms with Gasteiger partial charge in [-0.15, -0.1) is 0 Å². The monoisotopic (exact) mass is 226 g/mol. The second-order valence-electron chi connectivity index (χ2n) is 4.22. The minimum Gasteiger partial charge on any atom is -0.392 e. The number of aromatic nitrogens is 1. The molecule has 1 aliphatic rings. The summed E-state index contributed by atoms with van der Waals surface area (Å²) in [5.41, 5.74) is 5.55. The quantitative estimate of drug-likeness (QED) is 0.825. The smallest absolute Gasteiger partial charge is 0.0709 e. The minimum atomic E-state index is 0.0583. The minimum absolute atomic E-state index is 0.0583. The number of nitrogens with one attached hydrogen (secondary N) is 1. The van der Waals surface area contributed by atoms with Crippen molar-refractivity contribution in [1.82, 2.24) is 4.98 Å². The van der Waals surface area contributed by atoms with E-state index in [1.807, 2.05) is 18.2 Å². The molecule has 3 heteroatoms. The van der Waals surface area contributed by atoms with Crippen LogP contribution in [0.15, 0.2) is 36.5 Å². The Labute approximate surface area is 100 Å². The average molecular weight is 226 g/mol. The van der Waals surface area contributed by atoms with E-state index < -0.39 is 0 Å². The van der Waals surface area contributed by atoms with E-state index in [-0.39, 0.29) is 6.61 Å². The third-order valence-corrected chi connectivity index (χ3v) is 3.15. The molecule has 0 aliphatic carbocycles. The molecule has 0 spiro atoms. The standard InChI is InChI=1S/C14H14N2O/c17-9-10-4-6-16-14(8-10)11-2-1-3-13-12(11)5-7-15-13/h1-4,6,8,15,17H,5,7,9H2. The number of rotatable bonds is 2. The summed E-state index contributed by atoms with van der Waals surface area (Å²) >= 11 is 0. The lowest BCUT2D eigenvalue weighted by atomic mass is 10.0. The molecule has 0 saturated carbocycles. The predicted molar refractivity (Wildman–Crippen MR) is 67.8 cm³/mol. The van der Waals surface area contributed by atoms with Gasteiger partial charge in [0.15, 0.2) is 0 Å². The van der Waals surface area contributed by atoms with Crippen molar-refractivity contribution in [3.63, 3.8) is 0 Å². The molecule has 0 unspecified atom stereocenters. The molecule has 0 saturated heterocycles. The van der Waals surface area contributed by atoms with Crippen molar-refractivity contribution in [3.05, 3.63) is 47.7 Å². The van der Waals surface area contributed by atoms with Gasteiger partial charge in [0.05, 0.1) is 12.3 Å². The second kappa shape index (κ2) is 4.18. The maximum Gasteiger partial charge on any atom is 0.0709 e. The van der Waals surface area contributed by atoms with E-state index >= 15 is 0 Å². The van der Waals surface area contributed by atoms with Gasteiger partial charge in [0.1, 0.15) is 0 Å². The molecule has 0 fully saturated rings. The molecule has 0 atom stereocenters. The lowest BCUT2D eigenvalue weighted by molar-refractivity contribution is 0.282. The van der Waals surface area contributed by atoms with Gasteiger partial charge in [-0.1, -0.05) is 12.1 Å². The third-order valence-electron chi connectivity index (χ3n) is 3.15. The fourth-order valence-corrected chi connectivity index (χ4v) is 2.30. The van der Waals surface area contributed by atoms with Crippen LogP contribution in [0.5, 0.6) is 0 Å². The number of aliphatic hydroxyl groups excluding tert-OH is 1. The summed E-state index contributed by atoms with van der Waals surface area (Å²) < 4.78 is 0. The van der Waals surface area contributed by atoms with Crippen molar-refractivity contribution in [2.75, 3.05) is 11.9 Å². The summed E-state index contributed by atoms with van der Waals surface area (Å²) in [5.74, 6) is 0. The van der Waals surface area contributed by atoms with Gasteiger partial charge in [-0.25, -0.2) is 0 Å². The zero-order valence-electron chi connectivity index (χ0n) is 9.48. The molecule has 1 aliphatic heterocycles. The first-order chi connectivity index (χ1) is 8.38. The summed E-state index contributed by atoms with van der Waals surface area (Å²) in [7, 11) is 0. The van der Waals surface area contributed by atoms with Crippen molar-refractivity contribution in [1.29, 1.82) is 0 Å². The number of nitrogens with zero attached hydrogens (tertiary/aromatic N) is 1. The third kappa shape index (κ3) is 1.78. The van der Waals surface area contributed by atoms with E-state index in [1.165, 1.54) is 16.8 Å². The van der Waals surface area contributed by atoms with Gasteiger partial charge in [0.25, 0.3) is 0 Å². The Kier molecular flexibility index (Phi) is 2.53. The van der Waals surface area contributed by atoms with Gasteiger partial charge in [-0.2, -0.15) is 0 Å². The lowest BCUT2D eigenvalue weighted by Crippen LogP contribution is -1.91. The van der Waals surface area contributed by atoms with Gasteiger partial charge in [0, 0.05) is 24.0 Å². The molecule has 2 heterocycles. The van der Waals surface area contributed by atoms with Crippen LogP contribution in [0, 0.1) is 0 Å². The summed E-state index contributed by atoms with van der Waals surface area (Å²) in [4.78, 5) is 4.40. The van der Waals surface area contributed by atoms with Gasteiger partial charge in [0.2, 0.25) is 0 Å². The summed E-state index contributed by atoms with van der Waals surface area (Å²) in [6.45, 7) is 1.05. The maximum absolute atomic E-state index is 9.16. The predicted octanol–water partition coefficient (Wildman–Crippen LogP) is 2.21. The Morgan fingerprint density at radius 3 is 3.12 bits per heavy atom. The number of anilines is 1. The molecular weight excluding hydrogens is 212 g/mol. The van der Waals surface area contributed by atoms with Crippen LogP contribution >= 0.6 is 0 Å². The number of fused-ring (bicyclic) bond motifs is 1. The van der Waals surface area contributed by atoms with E-state index in [2.05, 4.69) is 22.4 Å². The fraction of sp³-hybridized carbons (Fsp3) is 0.214. The molecular formula is C14H14N2O. The zero-order chi connectivity index (χ0) is 11.7. The molecule has 1 aromatic carbocycles. The molecule has 2 N–H and O–H groups in total. The lowest BCUT2D eigenvalue weighted by Gasteiger charge is -2.08. The highest BCUT2D eigenvalue weighted by molar-refractivity contribution is 5.73. The topological polar surface area (TPSA) is 45.2 Å². The van der Waals surface area contributed by atoms with Gasteiger partial charge in [-0.05, 0) is 35.7 Å². The maximum atomic E-state index is 9.16. The van der Waals surface area contributed by atoms with Crippen LogP contribution in [-0.4, -0.2) is 16.6 Å². The molecule has 3 rings (SSSR count). The van der Waals surface area contributed by atoms with Gasteiger partial charge < -0.3 is 10.4 Å². The van der Waals surface area contributed by atoms with Crippen LogP contribution in [0.4, 0.5) is 5.69 Å². The molecule has 86 valence electrons. The molecule has 17 heavy (non-hydrogen) atoms. The molecule has 1 aromatic heterocycles. The van der Waals surface area contributed by atoms with E-state index in [1.54, 1.807) is 6.20 Å². The van der Waals surface area contributed by atoms with E-state index in [0.717, 1.165) is 24.2 Å². The van der Waals surface area contributed by atoms with Crippen molar-refractivity contribution < 1.29 is 5.11 Å². The van der Waals surface area contributed by atoms with Crippen molar-refractivity contribution >= 4 is 5.69 Å². The number of pyridine rings is 1. The van der Waals surface area contributed by atoms with E-state index in [4.69, 9.17) is 5.11 Å². The highest BCUT2D eigenvalue weighted by Crippen LogP contribution is 2.31. The van der Waals surface area contributed by atoms with Crippen LogP contribution in [0.2, 0.25) is 0 Å². The molecule has 0 amide bonds. The van der Waals surface area contributed by atoms with E-state index in [9.17, 15) is 0 Å². The molecule has 0 bridgehead atoms. The first-order valence-corrected chi connectivity index (χ1v) is 5.80. The highest BCUT2D eigenvalue weighted by Gasteiger charge is 2.15. The number of hydrogen-bond donors (Lipinski definition) is 2. The molecule has 2 aromatic rings. The fourth-order valence-electron chi connectivity index (χ4n) is 2.30. The Hall–Kier alpha value is -1.87. The highest BCUT2D eigenvalue weighted by atomic mass is 16.3. The zero-order valence-corrected chi connectivity index (χ0v) is 9.48. The van der Waals surface area contributed by atoms with Gasteiger partial charge in [-0.3, -0.25) is 4.98 Å². The summed E-state index contributed by atoms with van der Waals surface area (Å²) in [6.07, 6.45) is 2.79. The van der Waals surface area contributed by atoms with Gasteiger partial charge >= 0.3 is 0 Å². The normalized spacial score (nSPS) is 13.2. The Morgan fingerprint density at radius 1 is 1.29 bits per heavy atom. The first kappa shape index (κ1) is 10.3. The summed E-state index contributed by atoms with van der Waals surface area (Å²) in [6, 6.07) is 10.0. The van der Waals surface area contributed by atoms with Crippen molar-refractivity contribution in [3.8, 4) is 11.3 Å². The first-order valence-electron chi connectivity index (χ1n) is 5.80. The van der Waals surface area contributed by atoms with Crippen LogP contribution in [0.1, 0.15) is 11.1 Å². The van der Waals surface area contributed by atoms with Crippen LogP contribution in [0.25, 0.3) is 11.3 Å². The number of aliphatic hydroxyl groups is 1. The molecule has 0 radical (unpaired) electrons. The number of benzene rings is 1. The Balaban J connectivity index is 2.12. The van der Waals surface area contributed by atoms with Crippen LogP contribution in [-0.2, 0) is 13.0 Å². The Morgan fingerprint density at radius 2 is 2.24 bits per heavy atom. The van der Waals surface area contributed by atoms with E-state index in [0.29, 0.717) is 0 Å². The number of hydrogen-bond acceptors (Lipinski definition) is 3.